The van der Waals surface area contributed by atoms with E-state index in [1.165, 1.54) is 0 Å². The molecule has 0 unspecified atom stereocenters. The minimum absolute atomic E-state index is 0.553. The van der Waals surface area contributed by atoms with Gasteiger partial charge in [0.1, 0.15) is 0 Å². The lowest BCUT2D eigenvalue weighted by atomic mass is 10.1. The third-order valence-corrected chi connectivity index (χ3v) is 6.04. The van der Waals surface area contributed by atoms with Crippen molar-refractivity contribution in [3.63, 3.8) is 0 Å². The summed E-state index contributed by atoms with van der Waals surface area (Å²) in [5, 5.41) is 6.12. The summed E-state index contributed by atoms with van der Waals surface area (Å²) in [5.41, 5.74) is 5.05. The van der Waals surface area contributed by atoms with Crippen molar-refractivity contribution < 1.29 is 0 Å². The van der Waals surface area contributed by atoms with Crippen molar-refractivity contribution in [2.24, 2.45) is 0 Å². The fraction of sp³-hybridized carbons (Fsp3) is 0.0455. The Balaban J connectivity index is 1.80. The molecule has 1 aromatic heterocycles. The van der Waals surface area contributed by atoms with Crippen molar-refractivity contribution >= 4 is 55.1 Å². The van der Waals surface area contributed by atoms with E-state index in [2.05, 4.69) is 62.2 Å². The van der Waals surface area contributed by atoms with E-state index in [0.29, 0.717) is 16.6 Å². The highest BCUT2D eigenvalue weighted by atomic mass is 79.9. The Morgan fingerprint density at radius 1 is 0.750 bits per heavy atom. The first-order valence-electron chi connectivity index (χ1n) is 8.53. The maximum absolute atomic E-state index is 6.40. The summed E-state index contributed by atoms with van der Waals surface area (Å²) in [4.78, 5) is 0. The molecule has 4 rings (SSSR count). The minimum Gasteiger partial charge on any atom is -0.260 e. The molecule has 6 heteroatoms. The third-order valence-electron chi connectivity index (χ3n) is 4.40. The maximum atomic E-state index is 6.40. The van der Waals surface area contributed by atoms with Crippen LogP contribution in [0.1, 0.15) is 5.56 Å². The molecule has 0 spiro atoms. The van der Waals surface area contributed by atoms with Gasteiger partial charge in [0.15, 0.2) is 0 Å². The molecule has 1 heterocycles. The monoisotopic (exact) mass is 534 g/mol. The van der Waals surface area contributed by atoms with Crippen molar-refractivity contribution in [1.29, 1.82) is 0 Å². The molecule has 0 N–H and O–H groups in total. The van der Waals surface area contributed by atoms with Gasteiger partial charge in [-0.25, -0.2) is 0 Å². The summed E-state index contributed by atoms with van der Waals surface area (Å²) in [5.74, 6) is 0. The van der Waals surface area contributed by atoms with Gasteiger partial charge in [-0.3, -0.25) is 4.68 Å². The molecule has 0 aliphatic heterocycles. The van der Waals surface area contributed by atoms with Crippen LogP contribution in [0.2, 0.25) is 10.0 Å². The van der Waals surface area contributed by atoms with Crippen molar-refractivity contribution in [1.82, 2.24) is 9.78 Å². The predicted octanol–water partition coefficient (Wildman–Crippen LogP) is 8.10. The Labute approximate surface area is 190 Å². The number of nitrogens with zero attached hydrogens (tertiary/aromatic N) is 2. The van der Waals surface area contributed by atoms with Crippen LogP contribution >= 0.6 is 55.1 Å². The van der Waals surface area contributed by atoms with Crippen LogP contribution in [0.5, 0.6) is 0 Å². The summed E-state index contributed by atoms with van der Waals surface area (Å²) in [7, 11) is 0. The lowest BCUT2D eigenvalue weighted by Gasteiger charge is -2.10. The molecule has 0 atom stereocenters. The molecule has 0 saturated heterocycles. The second-order valence-electron chi connectivity index (χ2n) is 6.32. The average molecular weight is 537 g/mol. The van der Waals surface area contributed by atoms with Crippen LogP contribution in [0, 0.1) is 0 Å². The number of halogens is 4. The van der Waals surface area contributed by atoms with Gasteiger partial charge in [0, 0.05) is 24.6 Å². The van der Waals surface area contributed by atoms with Crippen molar-refractivity contribution in [3.8, 4) is 22.5 Å². The summed E-state index contributed by atoms with van der Waals surface area (Å²) in [6.07, 6.45) is 0. The van der Waals surface area contributed by atoms with E-state index in [9.17, 15) is 0 Å². The molecule has 0 saturated carbocycles. The lowest BCUT2D eigenvalue weighted by Crippen LogP contribution is -2.04. The van der Waals surface area contributed by atoms with Gasteiger partial charge in [-0.2, -0.15) is 5.10 Å². The van der Waals surface area contributed by atoms with Crippen LogP contribution in [0.4, 0.5) is 0 Å². The molecule has 140 valence electrons. The van der Waals surface area contributed by atoms with Crippen molar-refractivity contribution in [2.75, 3.05) is 0 Å². The Hall–Kier alpha value is -1.59. The first kappa shape index (κ1) is 19.7. The van der Waals surface area contributed by atoms with E-state index < -0.39 is 0 Å². The van der Waals surface area contributed by atoms with Gasteiger partial charge in [-0.15, -0.1) is 0 Å². The molecule has 0 bridgehead atoms. The van der Waals surface area contributed by atoms with E-state index in [0.717, 1.165) is 37.0 Å². The van der Waals surface area contributed by atoms with Crippen LogP contribution in [0.3, 0.4) is 0 Å². The minimum atomic E-state index is 0.553. The van der Waals surface area contributed by atoms with E-state index in [1.54, 1.807) is 6.07 Å². The van der Waals surface area contributed by atoms with Gasteiger partial charge < -0.3 is 0 Å². The maximum Gasteiger partial charge on any atom is 0.0929 e. The molecule has 0 aliphatic rings. The highest BCUT2D eigenvalue weighted by molar-refractivity contribution is 9.10. The van der Waals surface area contributed by atoms with E-state index in [4.69, 9.17) is 28.3 Å². The zero-order chi connectivity index (χ0) is 19.7. The van der Waals surface area contributed by atoms with Gasteiger partial charge >= 0.3 is 0 Å². The number of aromatic nitrogens is 2. The average Bonchev–Trinajstić information content (AvgIpc) is 3.09. The second kappa shape index (κ2) is 8.42. The number of hydrogen-bond donors (Lipinski definition) is 0. The van der Waals surface area contributed by atoms with Gasteiger partial charge in [0.05, 0.1) is 17.9 Å². The van der Waals surface area contributed by atoms with Crippen LogP contribution in [-0.4, -0.2) is 9.78 Å². The van der Waals surface area contributed by atoms with Gasteiger partial charge in [0.25, 0.3) is 0 Å². The summed E-state index contributed by atoms with van der Waals surface area (Å²) >= 11 is 19.4. The van der Waals surface area contributed by atoms with Gasteiger partial charge in [0.2, 0.25) is 0 Å². The van der Waals surface area contributed by atoms with Gasteiger partial charge in [-0.1, -0.05) is 85.4 Å². The quantitative estimate of drug-likeness (QED) is 0.258. The lowest BCUT2D eigenvalue weighted by molar-refractivity contribution is 0.697. The smallest absolute Gasteiger partial charge is 0.0929 e. The highest BCUT2D eigenvalue weighted by Crippen LogP contribution is 2.30. The normalized spacial score (nSPS) is 11.0. The van der Waals surface area contributed by atoms with Crippen molar-refractivity contribution in [2.45, 2.75) is 6.54 Å². The highest BCUT2D eigenvalue weighted by Gasteiger charge is 2.13. The van der Waals surface area contributed by atoms with E-state index in [-0.39, 0.29) is 0 Å². The third kappa shape index (κ3) is 4.36. The van der Waals surface area contributed by atoms with Crippen LogP contribution < -0.4 is 0 Å². The predicted molar refractivity (Wildman–Crippen MR) is 124 cm³/mol. The second-order valence-corrected chi connectivity index (χ2v) is 9.00. The zero-order valence-corrected chi connectivity index (χ0v) is 19.2. The molecule has 0 fully saturated rings. The molecule has 0 radical (unpaired) electrons. The van der Waals surface area contributed by atoms with Crippen LogP contribution in [0.25, 0.3) is 22.5 Å². The first-order valence-corrected chi connectivity index (χ1v) is 10.9. The SMILES string of the molecule is Clc1ccc(Cn2nc(-c3ccc(Br)cc3)cc2-c2ccc(Br)cc2)c(Cl)c1. The fourth-order valence-corrected chi connectivity index (χ4v) is 3.96. The number of rotatable bonds is 4. The van der Waals surface area contributed by atoms with E-state index >= 15 is 0 Å². The Bertz CT molecular complexity index is 1120. The zero-order valence-electron chi connectivity index (χ0n) is 14.5. The van der Waals surface area contributed by atoms with Crippen LogP contribution in [-0.2, 0) is 6.54 Å². The molecule has 0 amide bonds. The van der Waals surface area contributed by atoms with E-state index in [1.807, 2.05) is 41.1 Å². The molecule has 0 aliphatic carbocycles. The first-order chi connectivity index (χ1) is 13.5. The topological polar surface area (TPSA) is 17.8 Å². The molecular formula is C22H14Br2Cl2N2. The summed E-state index contributed by atoms with van der Waals surface area (Å²) in [6.45, 7) is 0.553. The summed E-state index contributed by atoms with van der Waals surface area (Å²) < 4.78 is 4.06. The molecule has 2 nitrogen and oxygen atoms in total. The molecular weight excluding hydrogens is 523 g/mol. The Kier molecular flexibility index (Phi) is 5.93. The fourth-order valence-electron chi connectivity index (χ4n) is 2.96. The number of hydrogen-bond acceptors (Lipinski definition) is 1. The van der Waals surface area contributed by atoms with Crippen molar-refractivity contribution in [3.05, 3.63) is 97.4 Å². The molecule has 3 aromatic carbocycles. The van der Waals surface area contributed by atoms with Gasteiger partial charge in [-0.05, 0) is 53.6 Å². The summed E-state index contributed by atoms with van der Waals surface area (Å²) in [6, 6.07) is 24.0. The largest absolute Gasteiger partial charge is 0.260 e. The molecule has 4 aromatic rings. The number of benzene rings is 3. The Morgan fingerprint density at radius 3 is 1.96 bits per heavy atom. The molecule has 28 heavy (non-hydrogen) atoms. The van der Waals surface area contributed by atoms with Crippen LogP contribution in [0.15, 0.2) is 81.7 Å². The standard InChI is InChI=1S/C22H14Br2Cl2N2/c23-17-6-1-14(2-7-17)21-12-22(15-3-8-18(24)9-4-15)28(27-21)13-16-5-10-19(25)11-20(16)26/h1-12H,13H2. The Morgan fingerprint density at radius 2 is 1.36 bits per heavy atom.